The Morgan fingerprint density at radius 2 is 1.93 bits per heavy atom. The summed E-state index contributed by atoms with van der Waals surface area (Å²) < 4.78 is 0. The standard InChI is InChI=1S/C13H16N2/c1-2-12(14)13-11(8-9-15-13)10-6-4-3-5-7-10/h3-9,12,15H,2,14H2,1H3/t12-/m0/s1. The third kappa shape index (κ3) is 1.95. The van der Waals surface area contributed by atoms with Gasteiger partial charge >= 0.3 is 0 Å². The molecule has 15 heavy (non-hydrogen) atoms. The fourth-order valence-electron chi connectivity index (χ4n) is 1.76. The maximum Gasteiger partial charge on any atom is 0.0451 e. The molecular formula is C13H16N2. The SMILES string of the molecule is CC[C@H](N)c1[nH]ccc1-c1ccccc1. The van der Waals surface area contributed by atoms with Crippen LogP contribution in [0, 0.1) is 0 Å². The number of nitrogens with one attached hydrogen (secondary N) is 1. The van der Waals surface area contributed by atoms with Gasteiger partial charge in [0.05, 0.1) is 0 Å². The Bertz CT molecular complexity index is 417. The molecule has 0 bridgehead atoms. The monoisotopic (exact) mass is 200 g/mol. The van der Waals surface area contributed by atoms with Crippen LogP contribution in [0.3, 0.4) is 0 Å². The van der Waals surface area contributed by atoms with Crippen LogP contribution in [0.5, 0.6) is 0 Å². The second-order valence-corrected chi connectivity index (χ2v) is 3.69. The van der Waals surface area contributed by atoms with E-state index in [0.717, 1.165) is 12.1 Å². The van der Waals surface area contributed by atoms with Gasteiger partial charge in [0.2, 0.25) is 0 Å². The van der Waals surface area contributed by atoms with Crippen molar-refractivity contribution in [3.05, 3.63) is 48.3 Å². The molecule has 0 saturated carbocycles. The Kier molecular flexibility index (Phi) is 2.88. The van der Waals surface area contributed by atoms with Crippen LogP contribution < -0.4 is 5.73 Å². The lowest BCUT2D eigenvalue weighted by molar-refractivity contribution is 0.682. The zero-order valence-corrected chi connectivity index (χ0v) is 8.90. The summed E-state index contributed by atoms with van der Waals surface area (Å²) in [7, 11) is 0. The van der Waals surface area contributed by atoms with Crippen LogP contribution in [0.15, 0.2) is 42.6 Å². The first kappa shape index (κ1) is 9.99. The van der Waals surface area contributed by atoms with Gasteiger partial charge in [0.25, 0.3) is 0 Å². The number of H-pyrrole nitrogens is 1. The van der Waals surface area contributed by atoms with Gasteiger partial charge in [0.1, 0.15) is 0 Å². The molecule has 2 nitrogen and oxygen atoms in total. The number of rotatable bonds is 3. The second-order valence-electron chi connectivity index (χ2n) is 3.69. The average molecular weight is 200 g/mol. The molecule has 0 radical (unpaired) electrons. The predicted molar refractivity (Wildman–Crippen MR) is 63.4 cm³/mol. The quantitative estimate of drug-likeness (QED) is 0.785. The van der Waals surface area contributed by atoms with E-state index in [1.807, 2.05) is 24.4 Å². The predicted octanol–water partition coefficient (Wildman–Crippen LogP) is 3.09. The smallest absolute Gasteiger partial charge is 0.0451 e. The molecule has 78 valence electrons. The number of nitrogens with two attached hydrogens (primary N) is 1. The third-order valence-electron chi connectivity index (χ3n) is 2.67. The lowest BCUT2D eigenvalue weighted by Crippen LogP contribution is -2.09. The lowest BCUT2D eigenvalue weighted by Gasteiger charge is -2.10. The Balaban J connectivity index is 2.41. The molecule has 1 heterocycles. The molecule has 2 heteroatoms. The number of aromatic nitrogens is 1. The van der Waals surface area contributed by atoms with Gasteiger partial charge < -0.3 is 10.7 Å². The first-order chi connectivity index (χ1) is 7.33. The molecule has 0 aliphatic heterocycles. The van der Waals surface area contributed by atoms with Crippen molar-refractivity contribution < 1.29 is 0 Å². The van der Waals surface area contributed by atoms with Crippen molar-refractivity contribution in [1.82, 2.24) is 4.98 Å². The van der Waals surface area contributed by atoms with Gasteiger partial charge in [-0.15, -0.1) is 0 Å². The normalized spacial score (nSPS) is 12.7. The molecule has 0 aliphatic rings. The summed E-state index contributed by atoms with van der Waals surface area (Å²) in [5.41, 5.74) is 9.61. The fraction of sp³-hybridized carbons (Fsp3) is 0.231. The van der Waals surface area contributed by atoms with Crippen molar-refractivity contribution in [2.45, 2.75) is 19.4 Å². The van der Waals surface area contributed by atoms with Crippen LogP contribution in [-0.4, -0.2) is 4.98 Å². The number of aromatic amines is 1. The van der Waals surface area contributed by atoms with Crippen molar-refractivity contribution in [2.75, 3.05) is 0 Å². The van der Waals surface area contributed by atoms with Gasteiger partial charge in [0.15, 0.2) is 0 Å². The first-order valence-corrected chi connectivity index (χ1v) is 5.31. The molecule has 0 fully saturated rings. The molecule has 2 rings (SSSR count). The molecule has 0 spiro atoms. The van der Waals surface area contributed by atoms with Crippen LogP contribution in [0.25, 0.3) is 11.1 Å². The van der Waals surface area contributed by atoms with Crippen LogP contribution >= 0.6 is 0 Å². The highest BCUT2D eigenvalue weighted by Gasteiger charge is 2.11. The van der Waals surface area contributed by atoms with Crippen LogP contribution in [0.4, 0.5) is 0 Å². The number of hydrogen-bond acceptors (Lipinski definition) is 1. The van der Waals surface area contributed by atoms with E-state index in [1.165, 1.54) is 11.1 Å². The van der Waals surface area contributed by atoms with Gasteiger partial charge in [0, 0.05) is 23.5 Å². The summed E-state index contributed by atoms with van der Waals surface area (Å²) >= 11 is 0. The van der Waals surface area contributed by atoms with Crippen molar-refractivity contribution in [1.29, 1.82) is 0 Å². The van der Waals surface area contributed by atoms with E-state index < -0.39 is 0 Å². The van der Waals surface area contributed by atoms with Crippen LogP contribution in [0.2, 0.25) is 0 Å². The summed E-state index contributed by atoms with van der Waals surface area (Å²) in [6.45, 7) is 2.10. The lowest BCUT2D eigenvalue weighted by atomic mass is 10.0. The van der Waals surface area contributed by atoms with E-state index in [1.54, 1.807) is 0 Å². The van der Waals surface area contributed by atoms with Crippen molar-refractivity contribution in [3.63, 3.8) is 0 Å². The van der Waals surface area contributed by atoms with Gasteiger partial charge in [-0.05, 0) is 18.1 Å². The largest absolute Gasteiger partial charge is 0.363 e. The summed E-state index contributed by atoms with van der Waals surface area (Å²) in [4.78, 5) is 3.23. The van der Waals surface area contributed by atoms with Crippen molar-refractivity contribution in [3.8, 4) is 11.1 Å². The molecule has 3 N–H and O–H groups in total. The zero-order valence-electron chi connectivity index (χ0n) is 8.90. The highest BCUT2D eigenvalue weighted by Crippen LogP contribution is 2.27. The van der Waals surface area contributed by atoms with E-state index in [2.05, 4.69) is 30.1 Å². The summed E-state index contributed by atoms with van der Waals surface area (Å²) in [5, 5.41) is 0. The Morgan fingerprint density at radius 3 is 2.60 bits per heavy atom. The van der Waals surface area contributed by atoms with E-state index in [4.69, 9.17) is 5.73 Å². The molecular weight excluding hydrogens is 184 g/mol. The number of hydrogen-bond donors (Lipinski definition) is 2. The molecule has 0 amide bonds. The molecule has 1 aromatic carbocycles. The van der Waals surface area contributed by atoms with Crippen molar-refractivity contribution >= 4 is 0 Å². The maximum atomic E-state index is 6.05. The van der Waals surface area contributed by atoms with E-state index in [0.29, 0.717) is 0 Å². The molecule has 0 aliphatic carbocycles. The van der Waals surface area contributed by atoms with Gasteiger partial charge in [-0.3, -0.25) is 0 Å². The van der Waals surface area contributed by atoms with Gasteiger partial charge in [-0.25, -0.2) is 0 Å². The van der Waals surface area contributed by atoms with Gasteiger partial charge in [-0.2, -0.15) is 0 Å². The fourth-order valence-corrected chi connectivity index (χ4v) is 1.76. The zero-order chi connectivity index (χ0) is 10.7. The summed E-state index contributed by atoms with van der Waals surface area (Å²) in [5.74, 6) is 0. The molecule has 1 aromatic heterocycles. The van der Waals surface area contributed by atoms with E-state index >= 15 is 0 Å². The highest BCUT2D eigenvalue weighted by molar-refractivity contribution is 5.66. The summed E-state index contributed by atoms with van der Waals surface area (Å²) in [6.07, 6.45) is 2.90. The van der Waals surface area contributed by atoms with Gasteiger partial charge in [-0.1, -0.05) is 37.3 Å². The van der Waals surface area contributed by atoms with E-state index in [9.17, 15) is 0 Å². The first-order valence-electron chi connectivity index (χ1n) is 5.31. The van der Waals surface area contributed by atoms with Crippen LogP contribution in [0.1, 0.15) is 25.1 Å². The molecule has 1 atom stereocenters. The van der Waals surface area contributed by atoms with Crippen LogP contribution in [-0.2, 0) is 0 Å². The molecule has 0 saturated heterocycles. The average Bonchev–Trinajstić information content (AvgIpc) is 2.78. The molecule has 2 aromatic rings. The topological polar surface area (TPSA) is 41.8 Å². The minimum absolute atomic E-state index is 0.0928. The van der Waals surface area contributed by atoms with E-state index in [-0.39, 0.29) is 6.04 Å². The second kappa shape index (κ2) is 4.32. The van der Waals surface area contributed by atoms with Crippen molar-refractivity contribution in [2.24, 2.45) is 5.73 Å². The maximum absolute atomic E-state index is 6.05. The number of benzene rings is 1. The minimum Gasteiger partial charge on any atom is -0.363 e. The minimum atomic E-state index is 0.0928. The summed E-state index contributed by atoms with van der Waals surface area (Å²) in [6, 6.07) is 12.5. The highest BCUT2D eigenvalue weighted by atomic mass is 14.8. The Hall–Kier alpha value is -1.54. The molecule has 0 unspecified atom stereocenters. The third-order valence-corrected chi connectivity index (χ3v) is 2.67. The Labute approximate surface area is 90.1 Å². The Morgan fingerprint density at radius 1 is 1.20 bits per heavy atom.